The standard InChI is InChI=1S/C18H20N2O6/c21-15(13(19-17(23)24)11-7-3-1-4-8-11)16(22)14(20-18(25)26)12-9-5-2-6-10-12/h1-10,13-16,19-22H,(H,23,24)(H,25,26). The lowest BCUT2D eigenvalue weighted by molar-refractivity contribution is -0.0236. The Balaban J connectivity index is 2.33. The van der Waals surface area contributed by atoms with Gasteiger partial charge in [-0.15, -0.1) is 0 Å². The van der Waals surface area contributed by atoms with Crippen LogP contribution < -0.4 is 10.6 Å². The van der Waals surface area contributed by atoms with Crippen LogP contribution >= 0.6 is 0 Å². The molecular formula is C18H20N2O6. The molecule has 0 fully saturated rings. The van der Waals surface area contributed by atoms with Crippen LogP contribution in [-0.4, -0.2) is 44.8 Å². The van der Waals surface area contributed by atoms with Crippen molar-refractivity contribution in [2.24, 2.45) is 0 Å². The Morgan fingerprint density at radius 2 is 0.962 bits per heavy atom. The molecular weight excluding hydrogens is 340 g/mol. The van der Waals surface area contributed by atoms with Crippen molar-refractivity contribution >= 4 is 12.2 Å². The van der Waals surface area contributed by atoms with Gasteiger partial charge in [-0.05, 0) is 11.1 Å². The summed E-state index contributed by atoms with van der Waals surface area (Å²) in [5.74, 6) is 0. The van der Waals surface area contributed by atoms with Crippen LogP contribution in [0.1, 0.15) is 23.2 Å². The first kappa shape index (κ1) is 19.2. The van der Waals surface area contributed by atoms with E-state index in [1.807, 2.05) is 0 Å². The molecule has 8 heteroatoms. The fourth-order valence-electron chi connectivity index (χ4n) is 2.71. The number of hydrogen-bond acceptors (Lipinski definition) is 4. The second kappa shape index (κ2) is 8.84. The fraction of sp³-hybridized carbons (Fsp3) is 0.222. The minimum absolute atomic E-state index is 0.434. The molecule has 0 bridgehead atoms. The Morgan fingerprint density at radius 3 is 1.23 bits per heavy atom. The topological polar surface area (TPSA) is 139 Å². The number of rotatable bonds is 7. The van der Waals surface area contributed by atoms with Crippen molar-refractivity contribution in [3.8, 4) is 0 Å². The summed E-state index contributed by atoms with van der Waals surface area (Å²) in [6.07, 6.45) is -5.98. The molecule has 0 saturated heterocycles. The van der Waals surface area contributed by atoms with Crippen LogP contribution in [0, 0.1) is 0 Å². The molecule has 4 unspecified atom stereocenters. The average Bonchev–Trinajstić information content (AvgIpc) is 2.64. The second-order valence-electron chi connectivity index (χ2n) is 5.66. The van der Waals surface area contributed by atoms with Gasteiger partial charge in [-0.25, -0.2) is 9.59 Å². The molecule has 2 rings (SSSR count). The van der Waals surface area contributed by atoms with E-state index >= 15 is 0 Å². The van der Waals surface area contributed by atoms with E-state index < -0.39 is 36.5 Å². The van der Waals surface area contributed by atoms with Gasteiger partial charge in [-0.1, -0.05) is 60.7 Å². The normalized spacial score (nSPS) is 15.3. The number of nitrogens with one attached hydrogen (secondary N) is 2. The van der Waals surface area contributed by atoms with Crippen LogP contribution in [-0.2, 0) is 0 Å². The first-order valence-corrected chi connectivity index (χ1v) is 7.85. The zero-order valence-corrected chi connectivity index (χ0v) is 13.7. The van der Waals surface area contributed by atoms with Gasteiger partial charge in [0.05, 0.1) is 12.1 Å². The lowest BCUT2D eigenvalue weighted by Gasteiger charge is -2.32. The van der Waals surface area contributed by atoms with Gasteiger partial charge in [0.15, 0.2) is 0 Å². The molecule has 0 spiro atoms. The zero-order valence-electron chi connectivity index (χ0n) is 13.7. The third-order valence-electron chi connectivity index (χ3n) is 3.91. The number of carbonyl (C=O) groups is 2. The van der Waals surface area contributed by atoms with Gasteiger partial charge < -0.3 is 31.1 Å². The van der Waals surface area contributed by atoms with Gasteiger partial charge in [0.1, 0.15) is 12.2 Å². The van der Waals surface area contributed by atoms with Gasteiger partial charge in [0.2, 0.25) is 0 Å². The van der Waals surface area contributed by atoms with Crippen molar-refractivity contribution in [2.45, 2.75) is 24.3 Å². The van der Waals surface area contributed by atoms with Crippen LogP contribution in [0.5, 0.6) is 0 Å². The molecule has 2 amide bonds. The molecule has 26 heavy (non-hydrogen) atoms. The van der Waals surface area contributed by atoms with E-state index in [0.29, 0.717) is 11.1 Å². The highest BCUT2D eigenvalue weighted by Crippen LogP contribution is 2.26. The maximum atomic E-state index is 11.1. The third kappa shape index (κ3) is 4.95. The zero-order chi connectivity index (χ0) is 19.1. The molecule has 2 aromatic carbocycles. The summed E-state index contributed by atoms with van der Waals surface area (Å²) in [5, 5.41) is 43.7. The number of aliphatic hydroxyl groups excluding tert-OH is 2. The van der Waals surface area contributed by atoms with Gasteiger partial charge in [0, 0.05) is 0 Å². The molecule has 0 aliphatic heterocycles. The van der Waals surface area contributed by atoms with Gasteiger partial charge in [0.25, 0.3) is 0 Å². The molecule has 0 aliphatic carbocycles. The molecule has 4 atom stereocenters. The lowest BCUT2D eigenvalue weighted by Crippen LogP contribution is -2.48. The molecule has 0 aliphatic rings. The van der Waals surface area contributed by atoms with Crippen molar-refractivity contribution in [1.29, 1.82) is 0 Å². The maximum absolute atomic E-state index is 11.1. The van der Waals surface area contributed by atoms with E-state index in [-0.39, 0.29) is 0 Å². The smallest absolute Gasteiger partial charge is 0.405 e. The van der Waals surface area contributed by atoms with Gasteiger partial charge in [-0.2, -0.15) is 0 Å². The Morgan fingerprint density at radius 1 is 0.654 bits per heavy atom. The number of aliphatic hydroxyl groups is 2. The summed E-state index contributed by atoms with van der Waals surface area (Å²) in [5.41, 5.74) is 0.868. The number of hydrogen-bond donors (Lipinski definition) is 6. The van der Waals surface area contributed by atoms with Crippen LogP contribution in [0.3, 0.4) is 0 Å². The van der Waals surface area contributed by atoms with Crippen LogP contribution in [0.4, 0.5) is 9.59 Å². The summed E-state index contributed by atoms with van der Waals surface area (Å²) in [6.45, 7) is 0. The summed E-state index contributed by atoms with van der Waals surface area (Å²) in [7, 11) is 0. The largest absolute Gasteiger partial charge is 0.465 e. The van der Waals surface area contributed by atoms with Crippen LogP contribution in [0.15, 0.2) is 60.7 Å². The molecule has 0 saturated carbocycles. The highest BCUT2D eigenvalue weighted by atomic mass is 16.4. The lowest BCUT2D eigenvalue weighted by atomic mass is 9.90. The second-order valence-corrected chi connectivity index (χ2v) is 5.66. The monoisotopic (exact) mass is 360 g/mol. The summed E-state index contributed by atoms with van der Waals surface area (Å²) < 4.78 is 0. The first-order valence-electron chi connectivity index (χ1n) is 7.85. The molecule has 0 aromatic heterocycles. The average molecular weight is 360 g/mol. The summed E-state index contributed by atoms with van der Waals surface area (Å²) >= 11 is 0. The summed E-state index contributed by atoms with van der Waals surface area (Å²) in [6, 6.07) is 14.2. The minimum atomic E-state index is -1.61. The van der Waals surface area contributed by atoms with E-state index in [1.165, 1.54) is 0 Å². The van der Waals surface area contributed by atoms with Crippen molar-refractivity contribution in [2.75, 3.05) is 0 Å². The van der Waals surface area contributed by atoms with Crippen molar-refractivity contribution in [1.82, 2.24) is 10.6 Å². The molecule has 6 N–H and O–H groups in total. The summed E-state index contributed by atoms with van der Waals surface area (Å²) in [4.78, 5) is 22.2. The third-order valence-corrected chi connectivity index (χ3v) is 3.91. The Bertz CT molecular complexity index is 661. The predicted molar refractivity (Wildman–Crippen MR) is 92.7 cm³/mol. The number of carboxylic acid groups (broad SMARTS) is 2. The quantitative estimate of drug-likeness (QED) is 0.444. The molecule has 138 valence electrons. The molecule has 2 aromatic rings. The molecule has 0 heterocycles. The van der Waals surface area contributed by atoms with Crippen molar-refractivity contribution in [3.63, 3.8) is 0 Å². The van der Waals surface area contributed by atoms with Crippen molar-refractivity contribution in [3.05, 3.63) is 71.8 Å². The van der Waals surface area contributed by atoms with E-state index in [9.17, 15) is 19.8 Å². The van der Waals surface area contributed by atoms with E-state index in [2.05, 4.69) is 10.6 Å². The Kier molecular flexibility index (Phi) is 6.54. The predicted octanol–water partition coefficient (Wildman–Crippen LogP) is 1.73. The SMILES string of the molecule is O=C(O)NC(c1ccccc1)C(O)C(O)C(NC(=O)O)c1ccccc1. The minimum Gasteiger partial charge on any atom is -0.465 e. The van der Waals surface area contributed by atoms with Gasteiger partial charge in [-0.3, -0.25) is 0 Å². The first-order chi connectivity index (χ1) is 12.4. The van der Waals surface area contributed by atoms with Gasteiger partial charge >= 0.3 is 12.2 Å². The van der Waals surface area contributed by atoms with E-state index in [1.54, 1.807) is 60.7 Å². The Hall–Kier alpha value is -3.10. The fourth-order valence-corrected chi connectivity index (χ4v) is 2.71. The molecule has 0 radical (unpaired) electrons. The Labute approximate surface area is 149 Å². The number of benzene rings is 2. The van der Waals surface area contributed by atoms with Crippen LogP contribution in [0.25, 0.3) is 0 Å². The van der Waals surface area contributed by atoms with Crippen molar-refractivity contribution < 1.29 is 30.0 Å². The maximum Gasteiger partial charge on any atom is 0.405 e. The van der Waals surface area contributed by atoms with E-state index in [0.717, 1.165) is 0 Å². The number of amides is 2. The highest BCUT2D eigenvalue weighted by molar-refractivity contribution is 5.66. The molecule has 8 nitrogen and oxygen atoms in total. The van der Waals surface area contributed by atoms with E-state index in [4.69, 9.17) is 10.2 Å². The highest BCUT2D eigenvalue weighted by Gasteiger charge is 2.35. The van der Waals surface area contributed by atoms with Crippen LogP contribution in [0.2, 0.25) is 0 Å².